The highest BCUT2D eigenvalue weighted by molar-refractivity contribution is 5.74. The average molecular weight is 209 g/mol. The largest absolute Gasteiger partial charge is 0.444 e. The van der Waals surface area contributed by atoms with Crippen LogP contribution in [0.25, 0.3) is 0 Å². The molecule has 1 aromatic rings. The maximum Gasteiger partial charge on any atom is 0.315 e. The Labute approximate surface area is 88.3 Å². The normalized spacial score (nSPS) is 15.0. The molecule has 1 aliphatic rings. The summed E-state index contributed by atoms with van der Waals surface area (Å²) in [6.45, 7) is 2.34. The van der Waals surface area contributed by atoms with Gasteiger partial charge in [0.15, 0.2) is 0 Å². The first kappa shape index (κ1) is 10.0. The molecule has 0 aromatic carbocycles. The molecule has 0 bridgehead atoms. The summed E-state index contributed by atoms with van der Waals surface area (Å²) in [7, 11) is 0. The number of nitrogens with one attached hydrogen (secondary N) is 2. The molecule has 82 valence electrons. The fraction of sp³-hybridized carbons (Fsp3) is 0.600. The fourth-order valence-corrected chi connectivity index (χ4v) is 1.21. The maximum absolute atomic E-state index is 11.3. The Balaban J connectivity index is 1.73. The van der Waals surface area contributed by atoms with Crippen molar-refractivity contribution in [1.82, 2.24) is 15.6 Å². The Morgan fingerprint density at radius 3 is 3.07 bits per heavy atom. The number of hydrogen-bond acceptors (Lipinski definition) is 3. The first-order valence-corrected chi connectivity index (χ1v) is 5.26. The van der Waals surface area contributed by atoms with Gasteiger partial charge in [-0.3, -0.25) is 0 Å². The summed E-state index contributed by atoms with van der Waals surface area (Å²) in [5.74, 6) is 1.40. The number of carbonyl (C=O) groups excluding carboxylic acids is 1. The standard InChI is InChI=1S/C10H15N3O2/c1-2-8-5-11-9(15-8)6-12-10(14)13-7-3-4-7/h5,7H,2-4,6H2,1H3,(H2,12,13,14). The summed E-state index contributed by atoms with van der Waals surface area (Å²) >= 11 is 0. The van der Waals surface area contributed by atoms with Crippen LogP contribution in [0.3, 0.4) is 0 Å². The van der Waals surface area contributed by atoms with E-state index in [2.05, 4.69) is 15.6 Å². The Morgan fingerprint density at radius 1 is 1.67 bits per heavy atom. The molecule has 5 heteroatoms. The van der Waals surface area contributed by atoms with Gasteiger partial charge in [-0.2, -0.15) is 0 Å². The van der Waals surface area contributed by atoms with Gasteiger partial charge in [0.1, 0.15) is 5.76 Å². The molecular weight excluding hydrogens is 194 g/mol. The molecule has 0 unspecified atom stereocenters. The topological polar surface area (TPSA) is 67.2 Å². The Bertz CT molecular complexity index is 344. The number of amides is 2. The summed E-state index contributed by atoms with van der Waals surface area (Å²) in [5, 5.41) is 5.53. The lowest BCUT2D eigenvalue weighted by Gasteiger charge is -2.03. The van der Waals surface area contributed by atoms with Crippen LogP contribution in [0.15, 0.2) is 10.6 Å². The van der Waals surface area contributed by atoms with Crippen molar-refractivity contribution in [1.29, 1.82) is 0 Å². The first-order chi connectivity index (χ1) is 7.28. The molecule has 1 saturated carbocycles. The van der Waals surface area contributed by atoms with Gasteiger partial charge in [0, 0.05) is 12.5 Å². The van der Waals surface area contributed by atoms with Crippen molar-refractivity contribution in [2.24, 2.45) is 0 Å². The zero-order chi connectivity index (χ0) is 10.7. The highest BCUT2D eigenvalue weighted by Crippen LogP contribution is 2.18. The van der Waals surface area contributed by atoms with Gasteiger partial charge >= 0.3 is 6.03 Å². The molecule has 1 aliphatic carbocycles. The van der Waals surface area contributed by atoms with E-state index in [1.807, 2.05) is 6.92 Å². The lowest BCUT2D eigenvalue weighted by molar-refractivity contribution is 0.238. The molecule has 2 amide bonds. The minimum absolute atomic E-state index is 0.145. The predicted molar refractivity (Wildman–Crippen MR) is 54.3 cm³/mol. The zero-order valence-electron chi connectivity index (χ0n) is 8.75. The second kappa shape index (κ2) is 4.33. The molecule has 0 saturated heterocycles. The third-order valence-electron chi connectivity index (χ3n) is 2.26. The van der Waals surface area contributed by atoms with E-state index in [4.69, 9.17) is 4.42 Å². The van der Waals surface area contributed by atoms with E-state index in [1.165, 1.54) is 0 Å². The summed E-state index contributed by atoms with van der Waals surface area (Å²) in [5.41, 5.74) is 0. The van der Waals surface area contributed by atoms with E-state index >= 15 is 0 Å². The Hall–Kier alpha value is -1.52. The van der Waals surface area contributed by atoms with Gasteiger partial charge in [0.05, 0.1) is 12.7 Å². The van der Waals surface area contributed by atoms with Gasteiger partial charge < -0.3 is 15.1 Å². The number of hydrogen-bond donors (Lipinski definition) is 2. The van der Waals surface area contributed by atoms with Gasteiger partial charge in [0.25, 0.3) is 0 Å². The molecule has 5 nitrogen and oxygen atoms in total. The van der Waals surface area contributed by atoms with E-state index in [-0.39, 0.29) is 6.03 Å². The second-order valence-corrected chi connectivity index (χ2v) is 3.68. The van der Waals surface area contributed by atoms with Crippen molar-refractivity contribution in [3.05, 3.63) is 17.8 Å². The monoisotopic (exact) mass is 209 g/mol. The first-order valence-electron chi connectivity index (χ1n) is 5.26. The van der Waals surface area contributed by atoms with Crippen molar-refractivity contribution < 1.29 is 9.21 Å². The molecule has 15 heavy (non-hydrogen) atoms. The molecule has 0 aliphatic heterocycles. The van der Waals surface area contributed by atoms with Crippen LogP contribution in [0, 0.1) is 0 Å². The van der Waals surface area contributed by atoms with Gasteiger partial charge in [0.2, 0.25) is 5.89 Å². The molecule has 1 fully saturated rings. The van der Waals surface area contributed by atoms with E-state index in [0.717, 1.165) is 25.0 Å². The minimum atomic E-state index is -0.145. The summed E-state index contributed by atoms with van der Waals surface area (Å²) in [6.07, 6.45) is 4.69. The fourth-order valence-electron chi connectivity index (χ4n) is 1.21. The molecule has 0 radical (unpaired) electrons. The van der Waals surface area contributed by atoms with Gasteiger partial charge in [-0.25, -0.2) is 9.78 Å². The van der Waals surface area contributed by atoms with Crippen LogP contribution in [0.4, 0.5) is 4.79 Å². The van der Waals surface area contributed by atoms with Crippen LogP contribution in [-0.2, 0) is 13.0 Å². The number of nitrogens with zero attached hydrogens (tertiary/aromatic N) is 1. The highest BCUT2D eigenvalue weighted by Gasteiger charge is 2.23. The van der Waals surface area contributed by atoms with E-state index in [1.54, 1.807) is 6.20 Å². The third kappa shape index (κ3) is 2.97. The molecule has 0 spiro atoms. The van der Waals surface area contributed by atoms with Crippen molar-refractivity contribution in [2.75, 3.05) is 0 Å². The number of aryl methyl sites for hydroxylation is 1. The van der Waals surface area contributed by atoms with Crippen LogP contribution in [0.2, 0.25) is 0 Å². The number of aromatic nitrogens is 1. The number of carbonyl (C=O) groups is 1. The molecule has 0 atom stereocenters. The van der Waals surface area contributed by atoms with Crippen molar-refractivity contribution in [2.45, 2.75) is 38.8 Å². The molecule has 1 aromatic heterocycles. The number of oxazole rings is 1. The number of urea groups is 1. The molecule has 2 rings (SSSR count). The maximum atomic E-state index is 11.3. The Kier molecular flexibility index (Phi) is 2.89. The lowest BCUT2D eigenvalue weighted by atomic mass is 10.4. The van der Waals surface area contributed by atoms with Crippen molar-refractivity contribution >= 4 is 6.03 Å². The lowest BCUT2D eigenvalue weighted by Crippen LogP contribution is -2.36. The zero-order valence-corrected chi connectivity index (χ0v) is 8.75. The van der Waals surface area contributed by atoms with Gasteiger partial charge in [-0.15, -0.1) is 0 Å². The summed E-state index contributed by atoms with van der Waals surface area (Å²) in [6, 6.07) is 0.231. The summed E-state index contributed by atoms with van der Waals surface area (Å²) in [4.78, 5) is 15.3. The second-order valence-electron chi connectivity index (χ2n) is 3.68. The average Bonchev–Trinajstić information content (AvgIpc) is 2.92. The molecular formula is C10H15N3O2. The van der Waals surface area contributed by atoms with Crippen LogP contribution < -0.4 is 10.6 Å². The highest BCUT2D eigenvalue weighted by atomic mass is 16.4. The van der Waals surface area contributed by atoms with Gasteiger partial charge in [-0.1, -0.05) is 6.92 Å². The third-order valence-corrected chi connectivity index (χ3v) is 2.26. The quantitative estimate of drug-likeness (QED) is 0.783. The smallest absolute Gasteiger partial charge is 0.315 e. The minimum Gasteiger partial charge on any atom is -0.444 e. The van der Waals surface area contributed by atoms with Crippen LogP contribution in [-0.4, -0.2) is 17.1 Å². The number of rotatable bonds is 4. The van der Waals surface area contributed by atoms with Crippen molar-refractivity contribution in [3.8, 4) is 0 Å². The van der Waals surface area contributed by atoms with Gasteiger partial charge in [-0.05, 0) is 12.8 Å². The van der Waals surface area contributed by atoms with Crippen LogP contribution in [0.5, 0.6) is 0 Å². The molecule has 1 heterocycles. The Morgan fingerprint density at radius 2 is 2.47 bits per heavy atom. The van der Waals surface area contributed by atoms with E-state index < -0.39 is 0 Å². The molecule has 2 N–H and O–H groups in total. The van der Waals surface area contributed by atoms with Crippen LogP contribution in [0.1, 0.15) is 31.4 Å². The van der Waals surface area contributed by atoms with E-state index in [0.29, 0.717) is 18.5 Å². The van der Waals surface area contributed by atoms with Crippen LogP contribution >= 0.6 is 0 Å². The van der Waals surface area contributed by atoms with Crippen molar-refractivity contribution in [3.63, 3.8) is 0 Å². The summed E-state index contributed by atoms with van der Waals surface area (Å²) < 4.78 is 5.35. The van der Waals surface area contributed by atoms with E-state index in [9.17, 15) is 4.79 Å². The predicted octanol–water partition coefficient (Wildman–Crippen LogP) is 1.20. The SMILES string of the molecule is CCc1cnc(CNC(=O)NC2CC2)o1.